The van der Waals surface area contributed by atoms with Crippen molar-refractivity contribution in [1.29, 1.82) is 0 Å². The van der Waals surface area contributed by atoms with Gasteiger partial charge >= 0.3 is 0 Å². The Morgan fingerprint density at radius 3 is 2.47 bits per heavy atom. The van der Waals surface area contributed by atoms with Crippen LogP contribution in [0.15, 0.2) is 77.3 Å². The third-order valence-electron chi connectivity index (χ3n) is 6.30. The summed E-state index contributed by atoms with van der Waals surface area (Å²) in [6.45, 7) is 5.81. The van der Waals surface area contributed by atoms with Crippen molar-refractivity contribution in [3.63, 3.8) is 0 Å². The number of amides is 1. The van der Waals surface area contributed by atoms with E-state index in [0.717, 1.165) is 33.6 Å². The topological polar surface area (TPSA) is 38.1 Å². The number of benzene rings is 3. The van der Waals surface area contributed by atoms with Gasteiger partial charge in [-0.2, -0.15) is 0 Å². The summed E-state index contributed by atoms with van der Waals surface area (Å²) in [6, 6.07) is 25.0. The van der Waals surface area contributed by atoms with Crippen molar-refractivity contribution >= 4 is 38.6 Å². The molecule has 0 aliphatic carbocycles. The van der Waals surface area contributed by atoms with E-state index in [4.69, 9.17) is 4.98 Å². The Kier molecular flexibility index (Phi) is 5.60. The van der Waals surface area contributed by atoms with Gasteiger partial charge in [0.25, 0.3) is 0 Å². The van der Waals surface area contributed by atoms with E-state index in [1.54, 1.807) is 0 Å². The number of aromatic nitrogens is 2. The lowest BCUT2D eigenvalue weighted by Gasteiger charge is -2.19. The van der Waals surface area contributed by atoms with E-state index in [1.807, 2.05) is 35.2 Å². The molecule has 5 rings (SSSR count). The van der Waals surface area contributed by atoms with Gasteiger partial charge in [-0.05, 0) is 57.2 Å². The number of carbonyl (C=O) groups excluding carboxylic acids is 1. The lowest BCUT2D eigenvalue weighted by molar-refractivity contribution is -0.117. The largest absolute Gasteiger partial charge is 0.323 e. The number of halogens is 1. The number of fused-ring (bicyclic) bond motifs is 1. The third kappa shape index (κ3) is 3.86. The van der Waals surface area contributed by atoms with E-state index in [1.165, 1.54) is 11.1 Å². The first-order chi connectivity index (χ1) is 15.5. The van der Waals surface area contributed by atoms with Crippen LogP contribution >= 0.6 is 15.9 Å². The minimum absolute atomic E-state index is 0.0527. The SMILES string of the molecule is CC(C)c1ccc(Cn2c(C3CC(=O)N(c4ccccc4Br)C3)nc3ccccc32)cc1. The number of carbonyl (C=O) groups is 1. The zero-order valence-corrected chi connectivity index (χ0v) is 19.9. The van der Waals surface area contributed by atoms with Crippen LogP contribution in [0.3, 0.4) is 0 Å². The second-order valence-corrected chi connectivity index (χ2v) is 9.65. The molecule has 1 unspecified atom stereocenters. The zero-order valence-electron chi connectivity index (χ0n) is 18.3. The number of hydrogen-bond donors (Lipinski definition) is 0. The predicted molar refractivity (Wildman–Crippen MR) is 133 cm³/mol. The van der Waals surface area contributed by atoms with E-state index in [-0.39, 0.29) is 11.8 Å². The first-order valence-corrected chi connectivity index (χ1v) is 11.9. The van der Waals surface area contributed by atoms with Crippen molar-refractivity contribution < 1.29 is 4.79 Å². The summed E-state index contributed by atoms with van der Waals surface area (Å²) in [5, 5.41) is 0. The summed E-state index contributed by atoms with van der Waals surface area (Å²) >= 11 is 3.60. The molecule has 2 heterocycles. The fraction of sp³-hybridized carbons (Fsp3) is 0.259. The molecule has 5 heteroatoms. The molecule has 1 aromatic heterocycles. The lowest BCUT2D eigenvalue weighted by atomic mass is 10.0. The van der Waals surface area contributed by atoms with Crippen LogP contribution in [-0.4, -0.2) is 22.0 Å². The molecular formula is C27H26BrN3O. The molecule has 1 fully saturated rings. The van der Waals surface area contributed by atoms with Gasteiger partial charge < -0.3 is 9.47 Å². The van der Waals surface area contributed by atoms with Crippen molar-refractivity contribution in [3.8, 4) is 0 Å². The molecule has 0 N–H and O–H groups in total. The number of anilines is 1. The highest BCUT2D eigenvalue weighted by molar-refractivity contribution is 9.10. The Hall–Kier alpha value is -2.92. The summed E-state index contributed by atoms with van der Waals surface area (Å²) in [4.78, 5) is 19.8. The molecule has 1 amide bonds. The number of hydrogen-bond acceptors (Lipinski definition) is 2. The van der Waals surface area contributed by atoms with Gasteiger partial charge in [-0.1, -0.05) is 62.4 Å². The Bertz CT molecular complexity index is 1280. The minimum Gasteiger partial charge on any atom is -0.323 e. The summed E-state index contributed by atoms with van der Waals surface area (Å²) in [5.41, 5.74) is 5.60. The van der Waals surface area contributed by atoms with Gasteiger partial charge in [-0.3, -0.25) is 4.79 Å². The molecule has 3 aromatic carbocycles. The summed E-state index contributed by atoms with van der Waals surface area (Å²) < 4.78 is 3.23. The third-order valence-corrected chi connectivity index (χ3v) is 6.98. The van der Waals surface area contributed by atoms with Crippen LogP contribution in [0.1, 0.15) is 49.1 Å². The zero-order chi connectivity index (χ0) is 22.2. The van der Waals surface area contributed by atoms with Crippen molar-refractivity contribution in [2.75, 3.05) is 11.4 Å². The van der Waals surface area contributed by atoms with Crippen LogP contribution in [0.2, 0.25) is 0 Å². The van der Waals surface area contributed by atoms with Crippen LogP contribution in [-0.2, 0) is 11.3 Å². The van der Waals surface area contributed by atoms with Gasteiger partial charge in [0, 0.05) is 29.9 Å². The van der Waals surface area contributed by atoms with Crippen LogP contribution < -0.4 is 4.90 Å². The van der Waals surface area contributed by atoms with E-state index in [0.29, 0.717) is 18.9 Å². The number of imidazole rings is 1. The summed E-state index contributed by atoms with van der Waals surface area (Å²) in [6.07, 6.45) is 0.469. The first kappa shape index (κ1) is 21.0. The highest BCUT2D eigenvalue weighted by atomic mass is 79.9. The number of rotatable bonds is 5. The molecule has 4 aromatic rings. The highest BCUT2D eigenvalue weighted by Crippen LogP contribution is 2.36. The first-order valence-electron chi connectivity index (χ1n) is 11.1. The fourth-order valence-electron chi connectivity index (χ4n) is 4.55. The maximum Gasteiger partial charge on any atom is 0.227 e. The molecule has 0 bridgehead atoms. The van der Waals surface area contributed by atoms with Crippen molar-refractivity contribution in [2.45, 2.75) is 38.6 Å². The Morgan fingerprint density at radius 2 is 1.72 bits per heavy atom. The van der Waals surface area contributed by atoms with Crippen LogP contribution in [0, 0.1) is 0 Å². The molecular weight excluding hydrogens is 462 g/mol. The summed E-state index contributed by atoms with van der Waals surface area (Å²) in [5.74, 6) is 1.70. The molecule has 1 saturated heterocycles. The molecule has 32 heavy (non-hydrogen) atoms. The molecule has 4 nitrogen and oxygen atoms in total. The smallest absolute Gasteiger partial charge is 0.227 e. The molecule has 1 atom stereocenters. The van der Waals surface area contributed by atoms with E-state index < -0.39 is 0 Å². The van der Waals surface area contributed by atoms with Gasteiger partial charge in [-0.15, -0.1) is 0 Å². The van der Waals surface area contributed by atoms with E-state index in [2.05, 4.69) is 76.8 Å². The minimum atomic E-state index is 0.0527. The Labute approximate surface area is 197 Å². The second-order valence-electron chi connectivity index (χ2n) is 8.80. The Balaban J connectivity index is 1.50. The standard InChI is InChI=1S/C27H26BrN3O/c1-18(2)20-13-11-19(12-14-20)16-31-25-10-6-4-8-23(25)29-27(31)21-15-26(32)30(17-21)24-9-5-3-7-22(24)28/h3-14,18,21H,15-17H2,1-2H3. The normalized spacial score (nSPS) is 16.4. The quantitative estimate of drug-likeness (QED) is 0.322. The average Bonchev–Trinajstić information content (AvgIpc) is 3.35. The maximum atomic E-state index is 13.0. The summed E-state index contributed by atoms with van der Waals surface area (Å²) in [7, 11) is 0. The number of para-hydroxylation sites is 3. The van der Waals surface area contributed by atoms with Crippen molar-refractivity contribution in [2.24, 2.45) is 0 Å². The van der Waals surface area contributed by atoms with Crippen LogP contribution in [0.4, 0.5) is 5.69 Å². The van der Waals surface area contributed by atoms with E-state index in [9.17, 15) is 4.79 Å². The number of nitrogens with zero attached hydrogens (tertiary/aromatic N) is 3. The van der Waals surface area contributed by atoms with Gasteiger partial charge in [0.2, 0.25) is 5.91 Å². The van der Waals surface area contributed by atoms with E-state index >= 15 is 0 Å². The van der Waals surface area contributed by atoms with Crippen molar-refractivity contribution in [1.82, 2.24) is 9.55 Å². The van der Waals surface area contributed by atoms with Gasteiger partial charge in [0.1, 0.15) is 5.82 Å². The monoisotopic (exact) mass is 487 g/mol. The van der Waals surface area contributed by atoms with Gasteiger partial charge in [-0.25, -0.2) is 4.98 Å². The highest BCUT2D eigenvalue weighted by Gasteiger charge is 2.35. The molecule has 1 aliphatic heterocycles. The molecule has 0 spiro atoms. The lowest BCUT2D eigenvalue weighted by Crippen LogP contribution is -2.25. The molecule has 0 saturated carbocycles. The van der Waals surface area contributed by atoms with Crippen LogP contribution in [0.25, 0.3) is 11.0 Å². The maximum absolute atomic E-state index is 13.0. The van der Waals surface area contributed by atoms with Crippen molar-refractivity contribution in [3.05, 3.63) is 94.2 Å². The van der Waals surface area contributed by atoms with Crippen LogP contribution in [0.5, 0.6) is 0 Å². The molecule has 0 radical (unpaired) electrons. The molecule has 1 aliphatic rings. The average molecular weight is 488 g/mol. The Morgan fingerprint density at radius 1 is 1.00 bits per heavy atom. The van der Waals surface area contributed by atoms with Gasteiger partial charge in [0.05, 0.1) is 16.7 Å². The fourth-order valence-corrected chi connectivity index (χ4v) is 5.05. The molecule has 162 valence electrons. The van der Waals surface area contributed by atoms with Gasteiger partial charge in [0.15, 0.2) is 0 Å². The second kappa shape index (κ2) is 8.55. The predicted octanol–water partition coefficient (Wildman–Crippen LogP) is 6.49.